The zero-order valence-electron chi connectivity index (χ0n) is 14.1. The number of carbonyl (C=O) groups is 1. The molecule has 0 aliphatic heterocycles. The maximum atomic E-state index is 12.3. The number of carbonyl (C=O) groups excluding carboxylic acids is 1. The van der Waals surface area contributed by atoms with Gasteiger partial charge in [0, 0.05) is 24.0 Å². The third-order valence-corrected chi connectivity index (χ3v) is 5.45. The topological polar surface area (TPSA) is 42.0 Å². The number of hydrogen-bond donors (Lipinski definition) is 1. The Morgan fingerprint density at radius 2 is 1.62 bits per heavy atom. The van der Waals surface area contributed by atoms with Gasteiger partial charge in [0.15, 0.2) is 0 Å². The molecule has 0 radical (unpaired) electrons. The highest BCUT2D eigenvalue weighted by molar-refractivity contribution is 8.00. The quantitative estimate of drug-likeness (QED) is 0.633. The Kier molecular flexibility index (Phi) is 6.69. The fraction of sp³-hybridized carbons (Fsp3) is 0.143. The van der Waals surface area contributed by atoms with Gasteiger partial charge in [-0.2, -0.15) is 0 Å². The van der Waals surface area contributed by atoms with Crippen molar-refractivity contribution in [2.75, 3.05) is 5.75 Å². The predicted molar refractivity (Wildman–Crippen MR) is 108 cm³/mol. The summed E-state index contributed by atoms with van der Waals surface area (Å²) in [4.78, 5) is 16.2. The summed E-state index contributed by atoms with van der Waals surface area (Å²) < 4.78 is 0. The van der Waals surface area contributed by atoms with Gasteiger partial charge in [-0.15, -0.1) is 11.8 Å². The fourth-order valence-corrected chi connectivity index (χ4v) is 3.81. The summed E-state index contributed by atoms with van der Waals surface area (Å²) in [5.74, 6) is 0.398. The summed E-state index contributed by atoms with van der Waals surface area (Å²) in [5.41, 5.74) is 3.34. The number of aromatic nitrogens is 1. The summed E-state index contributed by atoms with van der Waals surface area (Å²) in [7, 11) is 0. The number of benzene rings is 2. The molecule has 0 aliphatic carbocycles. The Morgan fingerprint density at radius 3 is 2.31 bits per heavy atom. The van der Waals surface area contributed by atoms with E-state index in [1.807, 2.05) is 54.6 Å². The molecule has 0 saturated carbocycles. The van der Waals surface area contributed by atoms with Gasteiger partial charge in [0.05, 0.1) is 11.0 Å². The molecular formula is C21H19ClN2OS. The van der Waals surface area contributed by atoms with Crippen LogP contribution >= 0.6 is 23.4 Å². The third-order valence-electron chi connectivity index (χ3n) is 3.90. The molecule has 3 aromatic rings. The molecule has 1 heterocycles. The molecule has 3 rings (SSSR count). The van der Waals surface area contributed by atoms with Crippen LogP contribution in [0.3, 0.4) is 0 Å². The first kappa shape index (κ1) is 18.5. The molecule has 0 aliphatic rings. The number of halogens is 1. The van der Waals surface area contributed by atoms with E-state index in [2.05, 4.69) is 22.4 Å². The van der Waals surface area contributed by atoms with Crippen LogP contribution in [0, 0.1) is 0 Å². The number of hydrogen-bond acceptors (Lipinski definition) is 3. The first-order valence-corrected chi connectivity index (χ1v) is 9.72. The highest BCUT2D eigenvalue weighted by atomic mass is 35.5. The van der Waals surface area contributed by atoms with E-state index in [0.717, 1.165) is 11.1 Å². The Morgan fingerprint density at radius 1 is 0.962 bits per heavy atom. The van der Waals surface area contributed by atoms with Gasteiger partial charge in [-0.25, -0.2) is 0 Å². The van der Waals surface area contributed by atoms with Crippen LogP contribution < -0.4 is 5.32 Å². The monoisotopic (exact) mass is 382 g/mol. The van der Waals surface area contributed by atoms with Crippen LogP contribution in [0.1, 0.15) is 21.9 Å². The average Bonchev–Trinajstić information content (AvgIpc) is 2.69. The summed E-state index contributed by atoms with van der Waals surface area (Å²) in [6.07, 6.45) is 3.45. The fourth-order valence-electron chi connectivity index (χ4n) is 2.56. The van der Waals surface area contributed by atoms with Gasteiger partial charge in [0.2, 0.25) is 5.91 Å². The Bertz CT molecular complexity index is 826. The molecule has 1 N–H and O–H groups in total. The standard InChI is InChI=1S/C21H19ClN2OS/c22-19-8-6-18(7-9-19)21(17-4-2-1-3-5-17)26-15-20(25)24-14-16-10-12-23-13-11-16/h1-13,21H,14-15H2,(H,24,25). The van der Waals surface area contributed by atoms with Gasteiger partial charge in [-0.3, -0.25) is 9.78 Å². The van der Waals surface area contributed by atoms with E-state index in [9.17, 15) is 4.79 Å². The second-order valence-electron chi connectivity index (χ2n) is 5.79. The van der Waals surface area contributed by atoms with E-state index in [-0.39, 0.29) is 11.2 Å². The molecular weight excluding hydrogens is 364 g/mol. The lowest BCUT2D eigenvalue weighted by atomic mass is 10.0. The summed E-state index contributed by atoms with van der Waals surface area (Å²) in [5, 5.41) is 3.75. The van der Waals surface area contributed by atoms with E-state index < -0.39 is 0 Å². The molecule has 5 heteroatoms. The molecule has 3 nitrogen and oxygen atoms in total. The summed E-state index contributed by atoms with van der Waals surface area (Å²) in [6, 6.07) is 21.8. The van der Waals surface area contributed by atoms with E-state index >= 15 is 0 Å². The van der Waals surface area contributed by atoms with E-state index in [4.69, 9.17) is 11.6 Å². The second-order valence-corrected chi connectivity index (χ2v) is 7.32. The van der Waals surface area contributed by atoms with E-state index in [0.29, 0.717) is 17.3 Å². The van der Waals surface area contributed by atoms with E-state index in [1.54, 1.807) is 24.2 Å². The van der Waals surface area contributed by atoms with Crippen molar-refractivity contribution in [1.82, 2.24) is 10.3 Å². The molecule has 1 aromatic heterocycles. The Labute approximate surface area is 162 Å². The van der Waals surface area contributed by atoms with Crippen LogP contribution in [0.4, 0.5) is 0 Å². The molecule has 1 amide bonds. The first-order valence-electron chi connectivity index (χ1n) is 8.30. The molecule has 0 saturated heterocycles. The average molecular weight is 383 g/mol. The molecule has 0 fully saturated rings. The van der Waals surface area contributed by atoms with Crippen molar-refractivity contribution in [3.05, 3.63) is 101 Å². The summed E-state index contributed by atoms with van der Waals surface area (Å²) >= 11 is 7.62. The predicted octanol–water partition coefficient (Wildman–Crippen LogP) is 4.87. The second kappa shape index (κ2) is 9.41. The smallest absolute Gasteiger partial charge is 0.230 e. The Balaban J connectivity index is 1.64. The van der Waals surface area contributed by atoms with Crippen molar-refractivity contribution in [2.24, 2.45) is 0 Å². The molecule has 0 bridgehead atoms. The van der Waals surface area contributed by atoms with Crippen molar-refractivity contribution >= 4 is 29.3 Å². The maximum Gasteiger partial charge on any atom is 0.230 e. The number of pyridine rings is 1. The lowest BCUT2D eigenvalue weighted by Crippen LogP contribution is -2.25. The lowest BCUT2D eigenvalue weighted by Gasteiger charge is -2.18. The highest BCUT2D eigenvalue weighted by Gasteiger charge is 2.16. The van der Waals surface area contributed by atoms with Crippen LogP contribution in [0.15, 0.2) is 79.1 Å². The number of nitrogens with one attached hydrogen (secondary N) is 1. The van der Waals surface area contributed by atoms with E-state index in [1.165, 1.54) is 5.56 Å². The van der Waals surface area contributed by atoms with Crippen molar-refractivity contribution in [2.45, 2.75) is 11.8 Å². The van der Waals surface area contributed by atoms with Crippen LogP contribution in [0.2, 0.25) is 5.02 Å². The molecule has 0 spiro atoms. The minimum atomic E-state index is 0.0155. The number of nitrogens with zero attached hydrogens (tertiary/aromatic N) is 1. The summed E-state index contributed by atoms with van der Waals surface area (Å²) in [6.45, 7) is 0.513. The van der Waals surface area contributed by atoms with Crippen LogP contribution in [0.5, 0.6) is 0 Å². The van der Waals surface area contributed by atoms with Crippen LogP contribution in [0.25, 0.3) is 0 Å². The SMILES string of the molecule is O=C(CSC(c1ccccc1)c1ccc(Cl)cc1)NCc1ccncc1. The highest BCUT2D eigenvalue weighted by Crippen LogP contribution is 2.35. The molecule has 1 atom stereocenters. The number of rotatable bonds is 7. The normalized spacial score (nSPS) is 11.7. The van der Waals surface area contributed by atoms with Gasteiger partial charge in [-0.05, 0) is 41.0 Å². The van der Waals surface area contributed by atoms with Crippen molar-refractivity contribution in [3.63, 3.8) is 0 Å². The van der Waals surface area contributed by atoms with Gasteiger partial charge >= 0.3 is 0 Å². The van der Waals surface area contributed by atoms with Crippen LogP contribution in [-0.2, 0) is 11.3 Å². The molecule has 132 valence electrons. The lowest BCUT2D eigenvalue weighted by molar-refractivity contribution is -0.118. The van der Waals surface area contributed by atoms with Gasteiger partial charge < -0.3 is 5.32 Å². The van der Waals surface area contributed by atoms with Crippen LogP contribution in [-0.4, -0.2) is 16.6 Å². The van der Waals surface area contributed by atoms with Crippen molar-refractivity contribution in [3.8, 4) is 0 Å². The third kappa shape index (κ3) is 5.35. The molecule has 1 unspecified atom stereocenters. The first-order chi connectivity index (χ1) is 12.7. The largest absolute Gasteiger partial charge is 0.351 e. The molecule has 26 heavy (non-hydrogen) atoms. The minimum Gasteiger partial charge on any atom is -0.351 e. The zero-order valence-corrected chi connectivity index (χ0v) is 15.7. The van der Waals surface area contributed by atoms with Gasteiger partial charge in [0.1, 0.15) is 0 Å². The number of thioether (sulfide) groups is 1. The number of amides is 1. The Hall–Kier alpha value is -2.30. The van der Waals surface area contributed by atoms with Crippen molar-refractivity contribution < 1.29 is 4.79 Å². The van der Waals surface area contributed by atoms with Gasteiger partial charge in [0.25, 0.3) is 0 Å². The van der Waals surface area contributed by atoms with Gasteiger partial charge in [-0.1, -0.05) is 54.1 Å². The zero-order chi connectivity index (χ0) is 18.2. The minimum absolute atomic E-state index is 0.0155. The maximum absolute atomic E-state index is 12.3. The molecule has 2 aromatic carbocycles. The van der Waals surface area contributed by atoms with Crippen molar-refractivity contribution in [1.29, 1.82) is 0 Å².